The highest BCUT2D eigenvalue weighted by molar-refractivity contribution is 6.14. The van der Waals surface area contributed by atoms with E-state index in [1.165, 1.54) is 66.8 Å². The minimum absolute atomic E-state index is 0.596. The quantitative estimate of drug-likeness (QED) is 0.159. The normalized spacial score (nSPS) is 13.8. The van der Waals surface area contributed by atoms with Gasteiger partial charge >= 0.3 is 0 Å². The van der Waals surface area contributed by atoms with Crippen molar-refractivity contribution in [1.82, 2.24) is 0 Å². The van der Waals surface area contributed by atoms with Gasteiger partial charge in [-0.2, -0.15) is 0 Å². The number of nitrogens with zero attached hydrogens (tertiary/aromatic N) is 1. The third kappa shape index (κ3) is 6.20. The Hall–Kier alpha value is -9.96. The van der Waals surface area contributed by atoms with Crippen molar-refractivity contribution in [3.8, 4) is 56.0 Å². The van der Waals surface area contributed by atoms with Crippen LogP contribution >= 0.6 is 0 Å². The van der Waals surface area contributed by atoms with E-state index in [1.807, 2.05) is 0 Å². The Morgan fingerprint density at radius 2 is 0.792 bits per heavy atom. The summed E-state index contributed by atoms with van der Waals surface area (Å²) in [6.07, 6.45) is 0. The number of fused-ring (bicyclic) bond motifs is 15. The summed E-state index contributed by atoms with van der Waals surface area (Å²) < 4.78 is 14.0. The smallest absolute Gasteiger partial charge is 0.137 e. The van der Waals surface area contributed by atoms with Gasteiger partial charge in [-0.1, -0.05) is 231 Å². The van der Waals surface area contributed by atoms with Gasteiger partial charge in [0.25, 0.3) is 0 Å². The molecule has 3 heteroatoms. The van der Waals surface area contributed by atoms with Gasteiger partial charge in [0.2, 0.25) is 0 Å². The fourth-order valence-electron chi connectivity index (χ4n) is 13.7. The summed E-state index contributed by atoms with van der Waals surface area (Å²) in [5.74, 6) is 1.67. The SMILES string of the molecule is c1ccc(-c2ccc(C3(c4cccc(N(c5ccc6c(c5)Oc5ccccc5C65c6ccccc6-c6ccccc65)c5cccc6oc7ccc(-c8ccccc8)cc7c56)c4)c4ccccc4-c4ccccc43)cc2)cc1. The molecule has 0 unspecified atom stereocenters. The summed E-state index contributed by atoms with van der Waals surface area (Å²) in [6, 6.07) is 104. The average molecular weight is 982 g/mol. The molecule has 0 saturated heterocycles. The number of hydrogen-bond acceptors (Lipinski definition) is 3. The lowest BCUT2D eigenvalue weighted by Crippen LogP contribution is -2.32. The van der Waals surface area contributed by atoms with Crippen LogP contribution in [0.5, 0.6) is 11.5 Å². The summed E-state index contributed by atoms with van der Waals surface area (Å²) >= 11 is 0. The highest BCUT2D eigenvalue weighted by Gasteiger charge is 2.51. The second-order valence-electron chi connectivity index (χ2n) is 20.6. The first-order valence-corrected chi connectivity index (χ1v) is 26.6. The zero-order valence-electron chi connectivity index (χ0n) is 41.9. The van der Waals surface area contributed by atoms with Crippen molar-refractivity contribution in [3.05, 3.63) is 330 Å². The molecule has 0 radical (unpaired) electrons. The summed E-state index contributed by atoms with van der Waals surface area (Å²) in [4.78, 5) is 2.43. The number of rotatable bonds is 7. The average Bonchev–Trinajstić information content (AvgIpc) is 4.33. The van der Waals surface area contributed by atoms with Gasteiger partial charge in [-0.15, -0.1) is 0 Å². The molecule has 1 spiro atoms. The van der Waals surface area contributed by atoms with E-state index < -0.39 is 10.8 Å². The molecule has 12 aromatic carbocycles. The van der Waals surface area contributed by atoms with Gasteiger partial charge in [-0.05, 0) is 126 Å². The Balaban J connectivity index is 0.960. The molecule has 2 heterocycles. The van der Waals surface area contributed by atoms with Gasteiger partial charge in [0.05, 0.1) is 21.9 Å². The number of benzene rings is 12. The molecule has 3 aliphatic rings. The van der Waals surface area contributed by atoms with Crippen molar-refractivity contribution < 1.29 is 9.15 Å². The lowest BCUT2D eigenvalue weighted by Gasteiger charge is -2.40. The minimum Gasteiger partial charge on any atom is -0.457 e. The number of anilines is 3. The molecule has 2 aliphatic carbocycles. The predicted octanol–water partition coefficient (Wildman–Crippen LogP) is 19.2. The fourth-order valence-corrected chi connectivity index (χ4v) is 13.7. The minimum atomic E-state index is -0.651. The van der Waals surface area contributed by atoms with E-state index in [-0.39, 0.29) is 0 Å². The summed E-state index contributed by atoms with van der Waals surface area (Å²) in [5, 5.41) is 2.08. The molecule has 0 amide bonds. The van der Waals surface area contributed by atoms with Crippen LogP contribution in [0.15, 0.2) is 290 Å². The highest BCUT2D eigenvalue weighted by Crippen LogP contribution is 2.63. The summed E-state index contributed by atoms with van der Waals surface area (Å²) in [5.41, 5.74) is 22.7. The number of hydrogen-bond donors (Lipinski definition) is 0. The van der Waals surface area contributed by atoms with Crippen LogP contribution in [0.3, 0.4) is 0 Å². The third-order valence-corrected chi connectivity index (χ3v) is 16.8. The van der Waals surface area contributed by atoms with Crippen LogP contribution in [-0.2, 0) is 10.8 Å². The highest BCUT2D eigenvalue weighted by atomic mass is 16.5. The first-order chi connectivity index (χ1) is 38.2. The maximum absolute atomic E-state index is 7.22. The Morgan fingerprint density at radius 3 is 1.44 bits per heavy atom. The molecule has 0 N–H and O–H groups in total. The Bertz CT molecular complexity index is 4400. The van der Waals surface area contributed by atoms with Crippen molar-refractivity contribution >= 4 is 39.0 Å². The Labute approximate surface area is 447 Å². The Kier molecular flexibility index (Phi) is 9.47. The predicted molar refractivity (Wildman–Crippen MR) is 314 cm³/mol. The largest absolute Gasteiger partial charge is 0.457 e. The molecular weight excluding hydrogens is 935 g/mol. The molecule has 0 fully saturated rings. The van der Waals surface area contributed by atoms with Crippen LogP contribution in [0.4, 0.5) is 17.1 Å². The van der Waals surface area contributed by atoms with E-state index in [9.17, 15) is 0 Å². The first kappa shape index (κ1) is 43.4. The molecule has 0 atom stereocenters. The van der Waals surface area contributed by atoms with E-state index in [0.29, 0.717) is 0 Å². The van der Waals surface area contributed by atoms with Gasteiger partial charge in [0.15, 0.2) is 0 Å². The van der Waals surface area contributed by atoms with Gasteiger partial charge in [-0.25, -0.2) is 0 Å². The second kappa shape index (κ2) is 16.8. The molecule has 3 nitrogen and oxygen atoms in total. The first-order valence-electron chi connectivity index (χ1n) is 26.6. The zero-order chi connectivity index (χ0) is 50.7. The van der Waals surface area contributed by atoms with Crippen LogP contribution in [0.25, 0.3) is 66.4 Å². The van der Waals surface area contributed by atoms with Crippen molar-refractivity contribution in [3.63, 3.8) is 0 Å². The third-order valence-electron chi connectivity index (χ3n) is 16.8. The lowest BCUT2D eigenvalue weighted by molar-refractivity contribution is 0.436. The number of furan rings is 1. The van der Waals surface area contributed by atoms with Crippen molar-refractivity contribution in [2.45, 2.75) is 10.8 Å². The van der Waals surface area contributed by atoms with Gasteiger partial charge < -0.3 is 14.1 Å². The number of para-hydroxylation sites is 1. The maximum Gasteiger partial charge on any atom is 0.137 e. The van der Waals surface area contributed by atoms with Crippen LogP contribution < -0.4 is 9.64 Å². The maximum atomic E-state index is 7.22. The van der Waals surface area contributed by atoms with Crippen LogP contribution in [0.1, 0.15) is 44.5 Å². The zero-order valence-corrected chi connectivity index (χ0v) is 41.9. The second-order valence-corrected chi connectivity index (χ2v) is 20.6. The number of ether oxygens (including phenoxy) is 1. The van der Waals surface area contributed by atoms with Gasteiger partial charge in [0.1, 0.15) is 22.7 Å². The molecule has 1 aliphatic heterocycles. The van der Waals surface area contributed by atoms with E-state index in [4.69, 9.17) is 9.15 Å². The molecular formula is C74H47NO2. The Morgan fingerprint density at radius 1 is 0.286 bits per heavy atom. The summed E-state index contributed by atoms with van der Waals surface area (Å²) in [6.45, 7) is 0. The van der Waals surface area contributed by atoms with Crippen LogP contribution in [0, 0.1) is 0 Å². The molecule has 1 aromatic heterocycles. The topological polar surface area (TPSA) is 25.6 Å². The fraction of sp³-hybridized carbons (Fsp3) is 0.0270. The van der Waals surface area contributed by atoms with Crippen LogP contribution in [0.2, 0.25) is 0 Å². The van der Waals surface area contributed by atoms with Gasteiger partial charge in [-0.3, -0.25) is 0 Å². The molecule has 0 saturated carbocycles. The molecule has 13 aromatic rings. The molecule has 360 valence electrons. The molecule has 0 bridgehead atoms. The lowest BCUT2D eigenvalue weighted by atomic mass is 9.66. The van der Waals surface area contributed by atoms with E-state index >= 15 is 0 Å². The molecule has 16 rings (SSSR count). The van der Waals surface area contributed by atoms with Gasteiger partial charge in [0, 0.05) is 34.0 Å². The van der Waals surface area contributed by atoms with E-state index in [2.05, 4.69) is 290 Å². The van der Waals surface area contributed by atoms with Crippen molar-refractivity contribution in [2.75, 3.05) is 4.90 Å². The molecule has 77 heavy (non-hydrogen) atoms. The van der Waals surface area contributed by atoms with Crippen molar-refractivity contribution in [1.29, 1.82) is 0 Å². The van der Waals surface area contributed by atoms with Crippen LogP contribution in [-0.4, -0.2) is 0 Å². The van der Waals surface area contributed by atoms with E-state index in [1.54, 1.807) is 0 Å². The van der Waals surface area contributed by atoms with Crippen molar-refractivity contribution in [2.24, 2.45) is 0 Å². The monoisotopic (exact) mass is 981 g/mol. The summed E-state index contributed by atoms with van der Waals surface area (Å²) in [7, 11) is 0. The standard InChI is InChI=1S/C74H47NO2/c1-3-19-48(20-4-1)50-37-40-52(41-38-50)73(61-29-11-7-25-56(61)57-26-8-12-30-62(57)73)53-23-17-24-54(46-53)75(67-34-18-36-70-72(67)60-45-51(39-44-68(60)76-70)49-21-5-2-6-22-49)55-42-43-66-71(47-55)77-69-35-16-15-33-65(69)74(66)63-31-13-9-27-58(63)59-28-10-14-32-64(59)74/h1-47H. The van der Waals surface area contributed by atoms with E-state index in [0.717, 1.165) is 72.8 Å².